The zero-order valence-electron chi connectivity index (χ0n) is 12.1. The molecule has 0 N–H and O–H groups in total. The van der Waals surface area contributed by atoms with Crippen LogP contribution < -0.4 is 9.47 Å². The van der Waals surface area contributed by atoms with Crippen LogP contribution in [0.2, 0.25) is 0 Å². The van der Waals surface area contributed by atoms with E-state index in [2.05, 4.69) is 0 Å². The molecule has 0 spiro atoms. The van der Waals surface area contributed by atoms with Crippen LogP contribution >= 0.6 is 11.8 Å². The fourth-order valence-electron chi connectivity index (χ4n) is 2.15. The maximum absolute atomic E-state index is 11.4. The fraction of sp³-hybridized carbons (Fsp3) is 0.250. The van der Waals surface area contributed by atoms with Crippen molar-refractivity contribution in [3.63, 3.8) is 0 Å². The Morgan fingerprint density at radius 2 is 1.59 bits per heavy atom. The Kier molecular flexibility index (Phi) is 4.31. The zero-order valence-corrected chi connectivity index (χ0v) is 13.7. The second-order valence-electron chi connectivity index (χ2n) is 5.10. The van der Waals surface area contributed by atoms with Crippen molar-refractivity contribution in [2.45, 2.75) is 16.4 Å². The van der Waals surface area contributed by atoms with Gasteiger partial charge in [-0.1, -0.05) is 18.2 Å². The second kappa shape index (κ2) is 6.22. The Hall–Kier alpha value is -1.66. The molecule has 116 valence electrons. The molecule has 3 rings (SSSR count). The second-order valence-corrected chi connectivity index (χ2v) is 8.10. The maximum Gasteiger partial charge on any atom is 0.231 e. The molecule has 1 aliphatic heterocycles. The Labute approximate surface area is 134 Å². The number of sulfone groups is 1. The number of rotatable bonds is 5. The molecular formula is C16H16O4S2. The lowest BCUT2D eigenvalue weighted by Gasteiger charge is -2.05. The third-order valence-corrected chi connectivity index (χ3v) is 5.53. The van der Waals surface area contributed by atoms with E-state index in [-0.39, 0.29) is 0 Å². The molecule has 0 bridgehead atoms. The van der Waals surface area contributed by atoms with Gasteiger partial charge < -0.3 is 9.47 Å². The molecule has 2 aromatic carbocycles. The topological polar surface area (TPSA) is 52.6 Å². The fourth-order valence-corrected chi connectivity index (χ4v) is 3.73. The first kappa shape index (κ1) is 15.2. The van der Waals surface area contributed by atoms with Crippen molar-refractivity contribution in [2.75, 3.05) is 13.0 Å². The predicted molar refractivity (Wildman–Crippen MR) is 87.1 cm³/mol. The Morgan fingerprint density at radius 3 is 2.32 bits per heavy atom. The summed E-state index contributed by atoms with van der Waals surface area (Å²) in [5, 5.41) is 0. The summed E-state index contributed by atoms with van der Waals surface area (Å²) in [5.41, 5.74) is 2.29. The first-order valence-electron chi connectivity index (χ1n) is 6.78. The van der Waals surface area contributed by atoms with Crippen molar-refractivity contribution < 1.29 is 17.9 Å². The molecule has 22 heavy (non-hydrogen) atoms. The molecule has 0 unspecified atom stereocenters. The van der Waals surface area contributed by atoms with Crippen LogP contribution in [0.25, 0.3) is 0 Å². The Balaban J connectivity index is 1.57. The van der Waals surface area contributed by atoms with Crippen LogP contribution in [-0.2, 0) is 21.3 Å². The number of hydrogen-bond donors (Lipinski definition) is 0. The summed E-state index contributed by atoms with van der Waals surface area (Å²) < 4.78 is 33.5. The monoisotopic (exact) mass is 336 g/mol. The lowest BCUT2D eigenvalue weighted by Crippen LogP contribution is -1.96. The van der Waals surface area contributed by atoms with Gasteiger partial charge in [0.05, 0.1) is 4.90 Å². The van der Waals surface area contributed by atoms with Gasteiger partial charge in [-0.05, 0) is 35.4 Å². The molecule has 0 saturated carbocycles. The normalized spacial score (nSPS) is 13.3. The highest BCUT2D eigenvalue weighted by Crippen LogP contribution is 2.33. The van der Waals surface area contributed by atoms with E-state index in [1.165, 1.54) is 11.8 Å². The van der Waals surface area contributed by atoms with Gasteiger partial charge in [0.15, 0.2) is 21.3 Å². The molecule has 6 heteroatoms. The standard InChI is InChI=1S/C16H16O4S2/c1-22(17,18)14-5-2-12(3-6-14)9-21-10-13-4-7-15-16(8-13)20-11-19-15/h2-8H,9-11H2,1H3. The molecule has 0 aromatic heterocycles. The molecule has 0 amide bonds. The first-order valence-corrected chi connectivity index (χ1v) is 9.82. The van der Waals surface area contributed by atoms with Crippen LogP contribution in [0.5, 0.6) is 11.5 Å². The van der Waals surface area contributed by atoms with Gasteiger partial charge in [-0.15, -0.1) is 0 Å². The van der Waals surface area contributed by atoms with Crippen LogP contribution in [0, 0.1) is 0 Å². The van der Waals surface area contributed by atoms with Gasteiger partial charge in [-0.2, -0.15) is 11.8 Å². The zero-order chi connectivity index (χ0) is 15.6. The third-order valence-electron chi connectivity index (χ3n) is 3.33. The summed E-state index contributed by atoms with van der Waals surface area (Å²) in [6.45, 7) is 0.290. The molecule has 0 saturated heterocycles. The summed E-state index contributed by atoms with van der Waals surface area (Å²) in [4.78, 5) is 0.358. The molecular weight excluding hydrogens is 320 g/mol. The van der Waals surface area contributed by atoms with E-state index in [0.29, 0.717) is 11.7 Å². The Bertz CT molecular complexity index is 767. The van der Waals surface area contributed by atoms with Gasteiger partial charge >= 0.3 is 0 Å². The minimum atomic E-state index is -3.12. The number of ether oxygens (including phenoxy) is 2. The van der Waals surface area contributed by atoms with Gasteiger partial charge in [-0.25, -0.2) is 8.42 Å². The SMILES string of the molecule is CS(=O)(=O)c1ccc(CSCc2ccc3c(c2)OCO3)cc1. The van der Waals surface area contributed by atoms with E-state index in [4.69, 9.17) is 9.47 Å². The summed E-state index contributed by atoms with van der Waals surface area (Å²) in [5.74, 6) is 3.30. The van der Waals surface area contributed by atoms with E-state index in [1.54, 1.807) is 23.9 Å². The Morgan fingerprint density at radius 1 is 0.955 bits per heavy atom. The van der Waals surface area contributed by atoms with Crippen molar-refractivity contribution >= 4 is 21.6 Å². The summed E-state index contributed by atoms with van der Waals surface area (Å²) in [7, 11) is -3.12. The molecule has 4 nitrogen and oxygen atoms in total. The van der Waals surface area contributed by atoms with Gasteiger partial charge in [0, 0.05) is 17.8 Å². The smallest absolute Gasteiger partial charge is 0.231 e. The number of fused-ring (bicyclic) bond motifs is 1. The predicted octanol–water partition coefficient (Wildman–Crippen LogP) is 3.25. The molecule has 2 aromatic rings. The molecule has 0 radical (unpaired) electrons. The van der Waals surface area contributed by atoms with E-state index >= 15 is 0 Å². The van der Waals surface area contributed by atoms with Gasteiger partial charge in [0.25, 0.3) is 0 Å². The van der Waals surface area contributed by atoms with Crippen molar-refractivity contribution in [1.82, 2.24) is 0 Å². The average Bonchev–Trinajstić information content (AvgIpc) is 2.94. The average molecular weight is 336 g/mol. The quantitative estimate of drug-likeness (QED) is 0.839. The van der Waals surface area contributed by atoms with Crippen molar-refractivity contribution in [3.05, 3.63) is 53.6 Å². The lowest BCUT2D eigenvalue weighted by molar-refractivity contribution is 0.174. The first-order chi connectivity index (χ1) is 10.5. The minimum absolute atomic E-state index is 0.290. The van der Waals surface area contributed by atoms with E-state index in [1.807, 2.05) is 30.3 Å². The van der Waals surface area contributed by atoms with Crippen LogP contribution in [0.3, 0.4) is 0 Å². The van der Waals surface area contributed by atoms with E-state index < -0.39 is 9.84 Å². The van der Waals surface area contributed by atoms with Gasteiger partial charge in [-0.3, -0.25) is 0 Å². The van der Waals surface area contributed by atoms with Crippen LogP contribution in [0.1, 0.15) is 11.1 Å². The van der Waals surface area contributed by atoms with E-state index in [9.17, 15) is 8.42 Å². The highest BCUT2D eigenvalue weighted by atomic mass is 32.2. The maximum atomic E-state index is 11.4. The summed E-state index contributed by atoms with van der Waals surface area (Å²) in [6, 6.07) is 13.0. The van der Waals surface area contributed by atoms with Gasteiger partial charge in [0.2, 0.25) is 6.79 Å². The number of thioether (sulfide) groups is 1. The van der Waals surface area contributed by atoms with Crippen molar-refractivity contribution in [1.29, 1.82) is 0 Å². The lowest BCUT2D eigenvalue weighted by atomic mass is 10.2. The largest absolute Gasteiger partial charge is 0.454 e. The number of benzene rings is 2. The molecule has 0 atom stereocenters. The van der Waals surface area contributed by atoms with Gasteiger partial charge in [0.1, 0.15) is 0 Å². The van der Waals surface area contributed by atoms with E-state index in [0.717, 1.165) is 28.6 Å². The van der Waals surface area contributed by atoms with Crippen LogP contribution in [0.15, 0.2) is 47.4 Å². The molecule has 0 aliphatic carbocycles. The minimum Gasteiger partial charge on any atom is -0.454 e. The number of hydrogen-bond acceptors (Lipinski definition) is 5. The molecule has 1 heterocycles. The van der Waals surface area contributed by atoms with Crippen LogP contribution in [0.4, 0.5) is 0 Å². The summed E-state index contributed by atoms with van der Waals surface area (Å²) in [6.07, 6.45) is 1.22. The summed E-state index contributed by atoms with van der Waals surface area (Å²) >= 11 is 1.77. The highest BCUT2D eigenvalue weighted by molar-refractivity contribution is 7.97. The highest BCUT2D eigenvalue weighted by Gasteiger charge is 2.13. The van der Waals surface area contributed by atoms with Crippen molar-refractivity contribution in [3.8, 4) is 11.5 Å². The van der Waals surface area contributed by atoms with Crippen LogP contribution in [-0.4, -0.2) is 21.5 Å². The molecule has 1 aliphatic rings. The third kappa shape index (κ3) is 3.56. The van der Waals surface area contributed by atoms with Crippen molar-refractivity contribution in [2.24, 2.45) is 0 Å². The molecule has 0 fully saturated rings.